The summed E-state index contributed by atoms with van der Waals surface area (Å²) in [5.74, 6) is -0.187. The lowest BCUT2D eigenvalue weighted by Crippen LogP contribution is -2.48. The van der Waals surface area contributed by atoms with Gasteiger partial charge in [-0.05, 0) is 24.6 Å². The van der Waals surface area contributed by atoms with Gasteiger partial charge in [-0.15, -0.1) is 0 Å². The van der Waals surface area contributed by atoms with E-state index >= 15 is 0 Å². The molecule has 2 rings (SSSR count). The molecule has 2 N–H and O–H groups in total. The van der Waals surface area contributed by atoms with E-state index < -0.39 is 10.0 Å². The second kappa shape index (κ2) is 6.31. The Morgan fingerprint density at radius 1 is 1.52 bits per heavy atom. The Balaban J connectivity index is 2.29. The molecular formula is C13H17ClN2O4S. The molecule has 1 aromatic carbocycles. The minimum Gasteiger partial charge on any atom is -0.377 e. The van der Waals surface area contributed by atoms with Crippen molar-refractivity contribution in [3.8, 4) is 0 Å². The van der Waals surface area contributed by atoms with Crippen molar-refractivity contribution in [1.29, 1.82) is 0 Å². The second-order valence-electron chi connectivity index (χ2n) is 4.83. The molecule has 0 bridgehead atoms. The lowest BCUT2D eigenvalue weighted by Gasteiger charge is -2.35. The fraction of sp³-hybridized carbons (Fsp3) is 0.462. The summed E-state index contributed by atoms with van der Waals surface area (Å²) in [6, 6.07) is 4.04. The molecule has 0 radical (unpaired) electrons. The summed E-state index contributed by atoms with van der Waals surface area (Å²) < 4.78 is 28.0. The molecular weight excluding hydrogens is 316 g/mol. The Hall–Kier alpha value is -1.15. The van der Waals surface area contributed by atoms with Gasteiger partial charge in [-0.3, -0.25) is 4.79 Å². The number of halogens is 1. The standard InChI is InChI=1S/C13H17ClN2O4S/c1-2-10-8-20-6-5-16(10)13(17)9-3-4-12(11(14)7-9)21(15,18)19/h3-4,7,10H,2,5-6,8H2,1H3,(H2,15,18,19). The van der Waals surface area contributed by atoms with Gasteiger partial charge in [-0.25, -0.2) is 13.6 Å². The van der Waals surface area contributed by atoms with E-state index in [9.17, 15) is 13.2 Å². The fourth-order valence-electron chi connectivity index (χ4n) is 2.29. The first-order valence-corrected chi connectivity index (χ1v) is 8.48. The molecule has 0 spiro atoms. The summed E-state index contributed by atoms with van der Waals surface area (Å²) in [6.45, 7) is 3.49. The summed E-state index contributed by atoms with van der Waals surface area (Å²) in [7, 11) is -3.89. The van der Waals surface area contributed by atoms with E-state index in [2.05, 4.69) is 0 Å². The molecule has 1 aromatic rings. The number of benzene rings is 1. The second-order valence-corrected chi connectivity index (χ2v) is 6.76. The van der Waals surface area contributed by atoms with Crippen LogP contribution in [-0.4, -0.2) is 45.0 Å². The number of hydrogen-bond donors (Lipinski definition) is 1. The maximum absolute atomic E-state index is 12.5. The van der Waals surface area contributed by atoms with Crippen LogP contribution in [-0.2, 0) is 14.8 Å². The SMILES string of the molecule is CCC1COCCN1C(=O)c1ccc(S(N)(=O)=O)c(Cl)c1. The van der Waals surface area contributed by atoms with Gasteiger partial charge in [-0.2, -0.15) is 0 Å². The molecule has 1 aliphatic heterocycles. The minimum atomic E-state index is -3.89. The fourth-order valence-corrected chi connectivity index (χ4v) is 3.38. The van der Waals surface area contributed by atoms with Gasteiger partial charge in [0.15, 0.2) is 0 Å². The van der Waals surface area contributed by atoms with E-state index in [1.54, 1.807) is 4.90 Å². The molecule has 1 saturated heterocycles. The topological polar surface area (TPSA) is 89.7 Å². The number of nitrogens with zero attached hydrogens (tertiary/aromatic N) is 1. The average molecular weight is 333 g/mol. The van der Waals surface area contributed by atoms with Crippen molar-refractivity contribution in [1.82, 2.24) is 4.90 Å². The van der Waals surface area contributed by atoms with E-state index in [-0.39, 0.29) is 21.9 Å². The number of primary sulfonamides is 1. The van der Waals surface area contributed by atoms with Crippen LogP contribution in [0.4, 0.5) is 0 Å². The van der Waals surface area contributed by atoms with E-state index in [1.165, 1.54) is 18.2 Å². The van der Waals surface area contributed by atoms with Gasteiger partial charge < -0.3 is 9.64 Å². The van der Waals surface area contributed by atoms with Gasteiger partial charge in [0, 0.05) is 12.1 Å². The first kappa shape index (κ1) is 16.2. The third-order valence-electron chi connectivity index (χ3n) is 3.45. The Labute approximate surface area is 128 Å². The number of morpholine rings is 1. The van der Waals surface area contributed by atoms with Gasteiger partial charge in [0.05, 0.1) is 24.3 Å². The summed E-state index contributed by atoms with van der Waals surface area (Å²) in [5, 5.41) is 4.99. The van der Waals surface area contributed by atoms with E-state index in [0.29, 0.717) is 25.3 Å². The zero-order chi connectivity index (χ0) is 15.6. The zero-order valence-corrected chi connectivity index (χ0v) is 13.2. The molecule has 8 heteroatoms. The van der Waals surface area contributed by atoms with Crippen LogP contribution < -0.4 is 5.14 Å². The van der Waals surface area contributed by atoms with Crippen LogP contribution in [0.2, 0.25) is 5.02 Å². The van der Waals surface area contributed by atoms with E-state index in [0.717, 1.165) is 6.42 Å². The molecule has 1 unspecified atom stereocenters. The van der Waals surface area contributed by atoms with E-state index in [1.807, 2.05) is 6.92 Å². The van der Waals surface area contributed by atoms with Gasteiger partial charge in [-0.1, -0.05) is 18.5 Å². The van der Waals surface area contributed by atoms with Crippen molar-refractivity contribution in [2.24, 2.45) is 5.14 Å². The van der Waals surface area contributed by atoms with Crippen LogP contribution >= 0.6 is 11.6 Å². The van der Waals surface area contributed by atoms with Gasteiger partial charge >= 0.3 is 0 Å². The first-order chi connectivity index (χ1) is 9.84. The van der Waals surface area contributed by atoms with Crippen molar-refractivity contribution in [3.05, 3.63) is 28.8 Å². The minimum absolute atomic E-state index is 0.0166. The monoisotopic (exact) mass is 332 g/mol. The quantitative estimate of drug-likeness (QED) is 0.901. The number of ether oxygens (including phenoxy) is 1. The molecule has 6 nitrogen and oxygen atoms in total. The van der Waals surface area contributed by atoms with Crippen LogP contribution in [0.25, 0.3) is 0 Å². The Morgan fingerprint density at radius 3 is 2.81 bits per heavy atom. The van der Waals surface area contributed by atoms with Crippen molar-refractivity contribution in [2.75, 3.05) is 19.8 Å². The molecule has 1 amide bonds. The Bertz CT molecular complexity index is 648. The van der Waals surface area contributed by atoms with Crippen molar-refractivity contribution in [2.45, 2.75) is 24.3 Å². The Morgan fingerprint density at radius 2 is 2.24 bits per heavy atom. The van der Waals surface area contributed by atoms with Crippen LogP contribution in [0.3, 0.4) is 0 Å². The van der Waals surface area contributed by atoms with Crippen LogP contribution in [0.5, 0.6) is 0 Å². The average Bonchev–Trinajstić information content (AvgIpc) is 2.45. The highest BCUT2D eigenvalue weighted by molar-refractivity contribution is 7.89. The molecule has 1 fully saturated rings. The molecule has 1 heterocycles. The number of nitrogens with two attached hydrogens (primary N) is 1. The highest BCUT2D eigenvalue weighted by Gasteiger charge is 2.27. The Kier molecular flexibility index (Phi) is 4.88. The number of rotatable bonds is 3. The third-order valence-corrected chi connectivity index (χ3v) is 4.84. The molecule has 116 valence electrons. The normalized spacial score (nSPS) is 19.6. The van der Waals surface area contributed by atoms with Gasteiger partial charge in [0.25, 0.3) is 5.91 Å². The third kappa shape index (κ3) is 3.55. The number of amides is 1. The van der Waals surface area contributed by atoms with Crippen molar-refractivity contribution in [3.63, 3.8) is 0 Å². The summed E-state index contributed by atoms with van der Waals surface area (Å²) in [5.41, 5.74) is 0.341. The summed E-state index contributed by atoms with van der Waals surface area (Å²) >= 11 is 5.91. The zero-order valence-electron chi connectivity index (χ0n) is 11.6. The lowest BCUT2D eigenvalue weighted by atomic mass is 10.1. The summed E-state index contributed by atoms with van der Waals surface area (Å²) in [6.07, 6.45) is 0.786. The number of carbonyl (C=O) groups excluding carboxylic acids is 1. The van der Waals surface area contributed by atoms with E-state index in [4.69, 9.17) is 21.5 Å². The smallest absolute Gasteiger partial charge is 0.254 e. The number of carbonyl (C=O) groups is 1. The van der Waals surface area contributed by atoms with Crippen molar-refractivity contribution >= 4 is 27.5 Å². The maximum atomic E-state index is 12.5. The van der Waals surface area contributed by atoms with Crippen LogP contribution in [0, 0.1) is 0 Å². The van der Waals surface area contributed by atoms with Crippen LogP contribution in [0.15, 0.2) is 23.1 Å². The molecule has 1 aliphatic rings. The maximum Gasteiger partial charge on any atom is 0.254 e. The first-order valence-electron chi connectivity index (χ1n) is 6.55. The van der Waals surface area contributed by atoms with Crippen molar-refractivity contribution < 1.29 is 17.9 Å². The predicted octanol–water partition coefficient (Wildman–Crippen LogP) is 1.24. The number of sulfonamides is 1. The highest BCUT2D eigenvalue weighted by Crippen LogP contribution is 2.23. The molecule has 21 heavy (non-hydrogen) atoms. The highest BCUT2D eigenvalue weighted by atomic mass is 35.5. The van der Waals surface area contributed by atoms with Gasteiger partial charge in [0.2, 0.25) is 10.0 Å². The van der Waals surface area contributed by atoms with Gasteiger partial charge in [0.1, 0.15) is 4.90 Å². The molecule has 0 aromatic heterocycles. The molecule has 0 aliphatic carbocycles. The lowest BCUT2D eigenvalue weighted by molar-refractivity contribution is -0.00280. The molecule has 1 atom stereocenters. The van der Waals surface area contributed by atoms with Crippen LogP contribution in [0.1, 0.15) is 23.7 Å². The predicted molar refractivity (Wildman–Crippen MR) is 78.8 cm³/mol. The number of hydrogen-bond acceptors (Lipinski definition) is 4. The largest absolute Gasteiger partial charge is 0.377 e. The molecule has 0 saturated carbocycles. The summed E-state index contributed by atoms with van der Waals surface area (Å²) in [4.78, 5) is 14.1.